The molecule has 0 radical (unpaired) electrons. The zero-order valence-electron chi connectivity index (χ0n) is 6.58. The molecule has 0 bridgehead atoms. The third-order valence-electron chi connectivity index (χ3n) is 1.38. The number of nitriles is 1. The molecule has 1 aliphatic heterocycles. The van der Waals surface area contributed by atoms with Gasteiger partial charge >= 0.3 is 6.09 Å². The standard InChI is InChI=1S/C5H9NO2.C2H3N/c7-5(8)6-3-1-2-4-6;1-2-3/h1-4H2,(H,7,8);1H3. The predicted octanol–water partition coefficient (Wildman–Crippen LogP) is 1.29. The van der Waals surface area contributed by atoms with E-state index in [1.165, 1.54) is 11.8 Å². The summed E-state index contributed by atoms with van der Waals surface area (Å²) in [7, 11) is 0. The highest BCUT2D eigenvalue weighted by atomic mass is 16.4. The van der Waals surface area contributed by atoms with E-state index in [-0.39, 0.29) is 0 Å². The van der Waals surface area contributed by atoms with Crippen LogP contribution in [0.5, 0.6) is 0 Å². The van der Waals surface area contributed by atoms with Crippen LogP contribution in [0.1, 0.15) is 19.8 Å². The molecule has 11 heavy (non-hydrogen) atoms. The molecule has 0 aliphatic carbocycles. The fourth-order valence-corrected chi connectivity index (χ4v) is 0.908. The van der Waals surface area contributed by atoms with E-state index in [9.17, 15) is 4.79 Å². The Kier molecular flexibility index (Phi) is 4.91. The maximum Gasteiger partial charge on any atom is 0.407 e. The number of carbonyl (C=O) groups is 1. The summed E-state index contributed by atoms with van der Waals surface area (Å²) < 4.78 is 0. The van der Waals surface area contributed by atoms with Crippen LogP contribution >= 0.6 is 0 Å². The maximum absolute atomic E-state index is 10.1. The molecule has 0 spiro atoms. The van der Waals surface area contributed by atoms with E-state index in [4.69, 9.17) is 10.4 Å². The van der Waals surface area contributed by atoms with Crippen LogP contribution in [-0.2, 0) is 0 Å². The van der Waals surface area contributed by atoms with E-state index in [0.29, 0.717) is 0 Å². The molecule has 0 aromatic carbocycles. The molecule has 0 saturated carbocycles. The summed E-state index contributed by atoms with van der Waals surface area (Å²) in [6.45, 7) is 2.89. The SMILES string of the molecule is CC#N.O=C(O)N1CCCC1. The van der Waals surface area contributed by atoms with Gasteiger partial charge in [0.1, 0.15) is 0 Å². The number of rotatable bonds is 0. The monoisotopic (exact) mass is 156 g/mol. The molecule has 1 N–H and O–H groups in total. The van der Waals surface area contributed by atoms with Gasteiger partial charge in [-0.2, -0.15) is 5.26 Å². The third-order valence-corrected chi connectivity index (χ3v) is 1.38. The van der Waals surface area contributed by atoms with E-state index in [1.807, 2.05) is 0 Å². The number of likely N-dealkylation sites (tertiary alicyclic amines) is 1. The van der Waals surface area contributed by atoms with Crippen molar-refractivity contribution in [3.8, 4) is 6.07 Å². The molecule has 0 atom stereocenters. The minimum Gasteiger partial charge on any atom is -0.465 e. The molecule has 0 aromatic heterocycles. The number of hydrogen-bond donors (Lipinski definition) is 1. The predicted molar refractivity (Wildman–Crippen MR) is 40.1 cm³/mol. The van der Waals surface area contributed by atoms with Gasteiger partial charge in [-0.1, -0.05) is 0 Å². The van der Waals surface area contributed by atoms with E-state index in [0.717, 1.165) is 25.9 Å². The van der Waals surface area contributed by atoms with Crippen molar-refractivity contribution in [3.63, 3.8) is 0 Å². The van der Waals surface area contributed by atoms with Crippen molar-refractivity contribution < 1.29 is 9.90 Å². The van der Waals surface area contributed by atoms with Gasteiger partial charge in [0.15, 0.2) is 0 Å². The van der Waals surface area contributed by atoms with Gasteiger partial charge < -0.3 is 10.0 Å². The first-order valence-corrected chi connectivity index (χ1v) is 3.51. The molecule has 1 amide bonds. The molecular weight excluding hydrogens is 144 g/mol. The third kappa shape index (κ3) is 4.20. The molecule has 1 heterocycles. The lowest BCUT2D eigenvalue weighted by molar-refractivity contribution is 0.156. The van der Waals surface area contributed by atoms with Crippen molar-refractivity contribution in [2.75, 3.05) is 13.1 Å². The van der Waals surface area contributed by atoms with Crippen molar-refractivity contribution >= 4 is 6.09 Å². The van der Waals surface area contributed by atoms with Crippen LogP contribution in [0.2, 0.25) is 0 Å². The molecule has 4 nitrogen and oxygen atoms in total. The van der Waals surface area contributed by atoms with Crippen LogP contribution in [0.4, 0.5) is 4.79 Å². The van der Waals surface area contributed by atoms with Crippen molar-refractivity contribution in [2.45, 2.75) is 19.8 Å². The molecule has 1 rings (SSSR count). The normalized spacial score (nSPS) is 14.7. The Morgan fingerprint density at radius 3 is 2.09 bits per heavy atom. The molecule has 1 saturated heterocycles. The summed E-state index contributed by atoms with van der Waals surface area (Å²) in [5.74, 6) is 0. The van der Waals surface area contributed by atoms with Gasteiger partial charge in [0, 0.05) is 20.0 Å². The molecule has 0 aromatic rings. The lowest BCUT2D eigenvalue weighted by Crippen LogP contribution is -2.25. The van der Waals surface area contributed by atoms with E-state index >= 15 is 0 Å². The fourth-order valence-electron chi connectivity index (χ4n) is 0.908. The van der Waals surface area contributed by atoms with Gasteiger partial charge in [-0.05, 0) is 12.8 Å². The molecule has 1 aliphatic rings. The Bertz CT molecular complexity index is 156. The zero-order valence-corrected chi connectivity index (χ0v) is 6.58. The number of nitrogens with zero attached hydrogens (tertiary/aromatic N) is 2. The largest absolute Gasteiger partial charge is 0.465 e. The van der Waals surface area contributed by atoms with Crippen LogP contribution < -0.4 is 0 Å². The van der Waals surface area contributed by atoms with Crippen molar-refractivity contribution in [3.05, 3.63) is 0 Å². The lowest BCUT2D eigenvalue weighted by atomic mass is 10.4. The Morgan fingerprint density at radius 1 is 1.55 bits per heavy atom. The average Bonchev–Trinajstić information content (AvgIpc) is 2.38. The Morgan fingerprint density at radius 2 is 1.91 bits per heavy atom. The highest BCUT2D eigenvalue weighted by Gasteiger charge is 2.15. The van der Waals surface area contributed by atoms with Crippen LogP contribution in [0, 0.1) is 11.3 Å². The van der Waals surface area contributed by atoms with E-state index in [1.54, 1.807) is 6.07 Å². The van der Waals surface area contributed by atoms with Gasteiger partial charge in [0.2, 0.25) is 0 Å². The van der Waals surface area contributed by atoms with E-state index in [2.05, 4.69) is 0 Å². The van der Waals surface area contributed by atoms with Crippen LogP contribution in [0.3, 0.4) is 0 Å². The number of carboxylic acid groups (broad SMARTS) is 1. The molecule has 0 unspecified atom stereocenters. The quantitative estimate of drug-likeness (QED) is 0.574. The number of amides is 1. The Labute approximate surface area is 66.0 Å². The summed E-state index contributed by atoms with van der Waals surface area (Å²) >= 11 is 0. The molecular formula is C7H12N2O2. The summed E-state index contributed by atoms with van der Waals surface area (Å²) in [5.41, 5.74) is 0. The molecule has 4 heteroatoms. The van der Waals surface area contributed by atoms with Crippen molar-refractivity contribution in [2.24, 2.45) is 0 Å². The molecule has 1 fully saturated rings. The van der Waals surface area contributed by atoms with Crippen molar-refractivity contribution in [1.82, 2.24) is 4.90 Å². The highest BCUT2D eigenvalue weighted by Crippen LogP contribution is 2.05. The van der Waals surface area contributed by atoms with Crippen LogP contribution in [0.15, 0.2) is 0 Å². The van der Waals surface area contributed by atoms with E-state index < -0.39 is 6.09 Å². The topological polar surface area (TPSA) is 64.3 Å². The second-order valence-corrected chi connectivity index (χ2v) is 2.20. The minimum absolute atomic E-state index is 0.731. The minimum atomic E-state index is -0.775. The first-order chi connectivity index (χ1) is 5.22. The molecule has 62 valence electrons. The summed E-state index contributed by atoms with van der Waals surface area (Å²) in [6.07, 6.45) is 1.29. The summed E-state index contributed by atoms with van der Waals surface area (Å²) in [5, 5.41) is 15.7. The summed E-state index contributed by atoms with van der Waals surface area (Å²) in [4.78, 5) is 11.6. The average molecular weight is 156 g/mol. The maximum atomic E-state index is 10.1. The second-order valence-electron chi connectivity index (χ2n) is 2.20. The van der Waals surface area contributed by atoms with Gasteiger partial charge in [-0.3, -0.25) is 0 Å². The second kappa shape index (κ2) is 5.54. The fraction of sp³-hybridized carbons (Fsp3) is 0.714. The number of hydrogen-bond acceptors (Lipinski definition) is 2. The first-order valence-electron chi connectivity index (χ1n) is 3.51. The van der Waals surface area contributed by atoms with Gasteiger partial charge in [0.25, 0.3) is 0 Å². The smallest absolute Gasteiger partial charge is 0.407 e. The Balaban J connectivity index is 0.000000292. The van der Waals surface area contributed by atoms with Crippen LogP contribution in [0.25, 0.3) is 0 Å². The van der Waals surface area contributed by atoms with Gasteiger partial charge in [0.05, 0.1) is 6.07 Å². The zero-order chi connectivity index (χ0) is 8.69. The van der Waals surface area contributed by atoms with Crippen molar-refractivity contribution in [1.29, 1.82) is 5.26 Å². The highest BCUT2D eigenvalue weighted by molar-refractivity contribution is 5.65. The Hall–Kier alpha value is -1.24. The van der Waals surface area contributed by atoms with Gasteiger partial charge in [-0.15, -0.1) is 0 Å². The first kappa shape index (κ1) is 9.76. The lowest BCUT2D eigenvalue weighted by Gasteiger charge is -2.07. The van der Waals surface area contributed by atoms with Crippen LogP contribution in [-0.4, -0.2) is 29.2 Å². The van der Waals surface area contributed by atoms with Gasteiger partial charge in [-0.25, -0.2) is 4.79 Å². The summed E-state index contributed by atoms with van der Waals surface area (Å²) in [6, 6.07) is 1.75.